The lowest BCUT2D eigenvalue weighted by molar-refractivity contribution is -0.137. The highest BCUT2D eigenvalue weighted by molar-refractivity contribution is 5.94. The van der Waals surface area contributed by atoms with Crippen molar-refractivity contribution in [3.63, 3.8) is 0 Å². The van der Waals surface area contributed by atoms with E-state index in [1.807, 2.05) is 48.5 Å². The Balaban J connectivity index is 1.77. The van der Waals surface area contributed by atoms with Crippen LogP contribution >= 0.6 is 0 Å². The number of hydrogen-bond donors (Lipinski definition) is 3. The molecule has 0 aliphatic rings. The van der Waals surface area contributed by atoms with Crippen LogP contribution in [-0.2, 0) is 4.79 Å². The molecular formula is C23H23N5O2. The molecule has 4 rings (SSSR count). The molecule has 0 bridgehead atoms. The number of aliphatic carboxylic acids is 1. The van der Waals surface area contributed by atoms with Gasteiger partial charge in [-0.25, -0.2) is 0 Å². The van der Waals surface area contributed by atoms with Crippen LogP contribution in [0.4, 0.5) is 0 Å². The molecule has 0 radical (unpaired) electrons. The Hall–Kier alpha value is -3.74. The Morgan fingerprint density at radius 3 is 2.77 bits per heavy atom. The van der Waals surface area contributed by atoms with Crippen LogP contribution < -0.4 is 0 Å². The number of hydrogen-bond acceptors (Lipinski definition) is 4. The summed E-state index contributed by atoms with van der Waals surface area (Å²) in [5.41, 5.74) is 4.43. The third kappa shape index (κ3) is 3.87. The molecule has 1 unspecified atom stereocenters. The van der Waals surface area contributed by atoms with E-state index in [4.69, 9.17) is 0 Å². The number of aromatic nitrogens is 5. The fourth-order valence-electron chi connectivity index (χ4n) is 3.65. The van der Waals surface area contributed by atoms with E-state index in [1.54, 1.807) is 12.3 Å². The van der Waals surface area contributed by atoms with Gasteiger partial charge in [-0.05, 0) is 40.5 Å². The van der Waals surface area contributed by atoms with Gasteiger partial charge in [0, 0.05) is 22.7 Å². The smallest absolute Gasteiger partial charge is 0.314 e. The zero-order chi connectivity index (χ0) is 20.9. The van der Waals surface area contributed by atoms with Crippen molar-refractivity contribution in [3.8, 4) is 22.5 Å². The number of rotatable bonds is 8. The highest BCUT2D eigenvalue weighted by Gasteiger charge is 2.21. The van der Waals surface area contributed by atoms with E-state index in [2.05, 4.69) is 32.5 Å². The van der Waals surface area contributed by atoms with Crippen LogP contribution in [0.2, 0.25) is 0 Å². The molecule has 2 aromatic heterocycles. The fraction of sp³-hybridized carbons (Fsp3) is 0.217. The van der Waals surface area contributed by atoms with Gasteiger partial charge in [-0.3, -0.25) is 4.79 Å². The van der Waals surface area contributed by atoms with Gasteiger partial charge in [-0.15, -0.1) is 10.2 Å². The number of carboxylic acid groups (broad SMARTS) is 1. The fourth-order valence-corrected chi connectivity index (χ4v) is 3.65. The SMILES string of the molecule is CCCCC=CC(C(=O)O)c1c[nH]c2ccc(-c3ccccc3-c3nn[nH]n3)cc12. The predicted molar refractivity (Wildman–Crippen MR) is 116 cm³/mol. The Morgan fingerprint density at radius 1 is 1.20 bits per heavy atom. The summed E-state index contributed by atoms with van der Waals surface area (Å²) in [4.78, 5) is 15.2. The predicted octanol–water partition coefficient (Wildman–Crippen LogP) is 4.93. The zero-order valence-corrected chi connectivity index (χ0v) is 16.7. The van der Waals surface area contributed by atoms with Gasteiger partial charge in [0.1, 0.15) is 5.92 Å². The van der Waals surface area contributed by atoms with Gasteiger partial charge in [-0.1, -0.05) is 62.2 Å². The normalized spacial score (nSPS) is 12.6. The molecular weight excluding hydrogens is 378 g/mol. The van der Waals surface area contributed by atoms with E-state index in [9.17, 15) is 9.90 Å². The van der Waals surface area contributed by atoms with Gasteiger partial charge in [0.2, 0.25) is 5.82 Å². The van der Waals surface area contributed by atoms with Crippen LogP contribution in [0, 0.1) is 0 Å². The zero-order valence-electron chi connectivity index (χ0n) is 16.7. The second-order valence-corrected chi connectivity index (χ2v) is 7.17. The summed E-state index contributed by atoms with van der Waals surface area (Å²) in [6, 6.07) is 13.8. The number of aromatic amines is 2. The monoisotopic (exact) mass is 401 g/mol. The molecule has 0 spiro atoms. The molecule has 7 nitrogen and oxygen atoms in total. The summed E-state index contributed by atoms with van der Waals surface area (Å²) in [6.07, 6.45) is 8.57. The first-order valence-electron chi connectivity index (χ1n) is 10.0. The second kappa shape index (κ2) is 8.73. The summed E-state index contributed by atoms with van der Waals surface area (Å²) in [5.74, 6) is -1.04. The maximum absolute atomic E-state index is 12.0. The maximum Gasteiger partial charge on any atom is 0.314 e. The Labute approximate surface area is 173 Å². The Kier molecular flexibility index (Phi) is 5.70. The quantitative estimate of drug-likeness (QED) is 0.287. The van der Waals surface area contributed by atoms with Gasteiger partial charge in [-0.2, -0.15) is 5.21 Å². The first-order valence-corrected chi connectivity index (χ1v) is 10.0. The first kappa shape index (κ1) is 19.6. The van der Waals surface area contributed by atoms with Crippen molar-refractivity contribution in [1.82, 2.24) is 25.6 Å². The second-order valence-electron chi connectivity index (χ2n) is 7.17. The highest BCUT2D eigenvalue weighted by Crippen LogP contribution is 2.34. The van der Waals surface area contributed by atoms with Crippen LogP contribution in [0.25, 0.3) is 33.4 Å². The lowest BCUT2D eigenvalue weighted by atomic mass is 9.94. The van der Waals surface area contributed by atoms with Crippen LogP contribution in [0.3, 0.4) is 0 Å². The topological polar surface area (TPSA) is 108 Å². The summed E-state index contributed by atoms with van der Waals surface area (Å²) in [5, 5.41) is 25.1. The lowest BCUT2D eigenvalue weighted by Crippen LogP contribution is -2.08. The van der Waals surface area contributed by atoms with Crippen LogP contribution in [-0.4, -0.2) is 36.7 Å². The van der Waals surface area contributed by atoms with Gasteiger partial charge >= 0.3 is 5.97 Å². The van der Waals surface area contributed by atoms with Gasteiger partial charge < -0.3 is 10.1 Å². The Bertz CT molecular complexity index is 1180. The van der Waals surface area contributed by atoms with Crippen molar-refractivity contribution in [2.45, 2.75) is 32.1 Å². The molecule has 0 aliphatic carbocycles. The van der Waals surface area contributed by atoms with Crippen LogP contribution in [0.5, 0.6) is 0 Å². The van der Waals surface area contributed by atoms with E-state index < -0.39 is 11.9 Å². The van der Waals surface area contributed by atoms with E-state index >= 15 is 0 Å². The van der Waals surface area contributed by atoms with Crippen molar-refractivity contribution >= 4 is 16.9 Å². The minimum absolute atomic E-state index is 0.516. The van der Waals surface area contributed by atoms with Crippen molar-refractivity contribution in [2.24, 2.45) is 0 Å². The molecule has 0 amide bonds. The van der Waals surface area contributed by atoms with Crippen LogP contribution in [0.1, 0.15) is 37.7 Å². The van der Waals surface area contributed by atoms with E-state index in [1.165, 1.54) is 0 Å². The minimum atomic E-state index is -0.860. The largest absolute Gasteiger partial charge is 0.481 e. The molecule has 7 heteroatoms. The number of nitrogens with zero attached hydrogens (tertiary/aromatic N) is 3. The molecule has 0 saturated heterocycles. The lowest BCUT2D eigenvalue weighted by Gasteiger charge is -2.10. The molecule has 1 atom stereocenters. The Morgan fingerprint density at radius 2 is 2.03 bits per heavy atom. The first-order chi connectivity index (χ1) is 14.7. The third-order valence-electron chi connectivity index (χ3n) is 5.19. The van der Waals surface area contributed by atoms with E-state index in [0.717, 1.165) is 52.4 Å². The summed E-state index contributed by atoms with van der Waals surface area (Å²) < 4.78 is 0. The highest BCUT2D eigenvalue weighted by atomic mass is 16.4. The van der Waals surface area contributed by atoms with Crippen molar-refractivity contribution in [3.05, 3.63) is 66.4 Å². The van der Waals surface area contributed by atoms with Crippen molar-refractivity contribution in [1.29, 1.82) is 0 Å². The number of tetrazole rings is 1. The van der Waals surface area contributed by atoms with Crippen molar-refractivity contribution in [2.75, 3.05) is 0 Å². The average molecular weight is 401 g/mol. The molecule has 0 aliphatic heterocycles. The van der Waals surface area contributed by atoms with Crippen LogP contribution in [0.15, 0.2) is 60.8 Å². The number of nitrogens with one attached hydrogen (secondary N) is 2. The number of fused-ring (bicyclic) bond motifs is 1. The number of carboxylic acids is 1. The number of benzene rings is 2. The average Bonchev–Trinajstić information content (AvgIpc) is 3.43. The minimum Gasteiger partial charge on any atom is -0.481 e. The van der Waals surface area contributed by atoms with E-state index in [-0.39, 0.29) is 0 Å². The summed E-state index contributed by atoms with van der Waals surface area (Å²) in [6.45, 7) is 2.12. The van der Waals surface area contributed by atoms with Crippen molar-refractivity contribution < 1.29 is 9.90 Å². The molecule has 2 aromatic carbocycles. The molecule has 0 fully saturated rings. The molecule has 4 aromatic rings. The van der Waals surface area contributed by atoms with E-state index in [0.29, 0.717) is 5.82 Å². The number of H-pyrrole nitrogens is 2. The number of carbonyl (C=O) groups is 1. The summed E-state index contributed by atoms with van der Waals surface area (Å²) >= 11 is 0. The molecule has 0 saturated carbocycles. The molecule has 152 valence electrons. The number of unbranched alkanes of at least 4 members (excludes halogenated alkanes) is 2. The van der Waals surface area contributed by atoms with Gasteiger partial charge in [0.15, 0.2) is 0 Å². The van der Waals surface area contributed by atoms with Gasteiger partial charge in [0.25, 0.3) is 0 Å². The molecule has 2 heterocycles. The molecule has 30 heavy (non-hydrogen) atoms. The number of allylic oxidation sites excluding steroid dienone is 1. The standard InChI is InChI=1S/C23H23N5O2/c1-2-3-4-5-10-18(23(29)30)20-14-24-21-12-11-15(13-19(20)21)16-8-6-7-9-17(16)22-25-27-28-26-22/h5-14,18,24H,2-4H2,1H3,(H,29,30)(H,25,26,27,28). The van der Waals surface area contributed by atoms with Gasteiger partial charge in [0.05, 0.1) is 0 Å². The molecule has 3 N–H and O–H groups in total. The maximum atomic E-state index is 12.0. The third-order valence-corrected chi connectivity index (χ3v) is 5.19. The summed E-state index contributed by atoms with van der Waals surface area (Å²) in [7, 11) is 0.